The van der Waals surface area contributed by atoms with E-state index in [1.165, 1.54) is 5.56 Å². The first-order valence-electron chi connectivity index (χ1n) is 5.54. The Kier molecular flexibility index (Phi) is 2.58. The molecule has 1 aliphatic rings. The molecule has 0 aromatic heterocycles. The zero-order valence-corrected chi connectivity index (χ0v) is 9.92. The van der Waals surface area contributed by atoms with Crippen molar-refractivity contribution in [2.75, 3.05) is 0 Å². The molecule has 2 rings (SSSR count). The van der Waals surface area contributed by atoms with Crippen LogP contribution >= 0.6 is 0 Å². The molecule has 0 bridgehead atoms. The zero-order valence-electron chi connectivity index (χ0n) is 9.92. The Morgan fingerprint density at radius 3 is 2.06 bits per heavy atom. The van der Waals surface area contributed by atoms with Gasteiger partial charge < -0.3 is 5.11 Å². The van der Waals surface area contributed by atoms with E-state index in [2.05, 4.69) is 0 Å². The van der Waals surface area contributed by atoms with Gasteiger partial charge in [0.15, 0.2) is 5.78 Å². The van der Waals surface area contributed by atoms with E-state index < -0.39 is 0 Å². The number of aryl methyl sites for hydroxylation is 3. The molecule has 1 aromatic rings. The number of carbonyl (C=O) groups excluding carboxylic acids is 1. The quantitative estimate of drug-likeness (QED) is 0.782. The second-order valence-corrected chi connectivity index (χ2v) is 4.52. The summed E-state index contributed by atoms with van der Waals surface area (Å²) in [6, 6.07) is 4.10. The molecule has 0 unspecified atom stereocenters. The normalized spacial score (nSPS) is 16.1. The SMILES string of the molecule is Cc1cc(C)c(C2=C(O)CCC2=O)c(C)c1. The van der Waals surface area contributed by atoms with Crippen LogP contribution in [0.25, 0.3) is 5.57 Å². The molecule has 0 saturated heterocycles. The molecule has 0 spiro atoms. The van der Waals surface area contributed by atoms with E-state index in [0.717, 1.165) is 16.7 Å². The van der Waals surface area contributed by atoms with Crippen LogP contribution in [0.15, 0.2) is 17.9 Å². The largest absolute Gasteiger partial charge is 0.512 e. The molecular weight excluding hydrogens is 200 g/mol. The Morgan fingerprint density at radius 1 is 1.06 bits per heavy atom. The van der Waals surface area contributed by atoms with E-state index >= 15 is 0 Å². The number of carbonyl (C=O) groups is 1. The highest BCUT2D eigenvalue weighted by Gasteiger charge is 2.26. The molecular formula is C14H16O2. The fraction of sp³-hybridized carbons (Fsp3) is 0.357. The van der Waals surface area contributed by atoms with Crippen LogP contribution < -0.4 is 0 Å². The standard InChI is InChI=1S/C14H16O2/c1-8-6-9(2)13(10(3)7-8)14-11(15)4-5-12(14)16/h6-7,15H,4-5H2,1-3H3. The Labute approximate surface area is 95.6 Å². The van der Waals surface area contributed by atoms with Gasteiger partial charge in [-0.15, -0.1) is 0 Å². The summed E-state index contributed by atoms with van der Waals surface area (Å²) in [5.41, 5.74) is 4.77. The topological polar surface area (TPSA) is 37.3 Å². The van der Waals surface area contributed by atoms with Gasteiger partial charge in [-0.25, -0.2) is 0 Å². The first kappa shape index (κ1) is 10.9. The van der Waals surface area contributed by atoms with E-state index in [9.17, 15) is 9.90 Å². The van der Waals surface area contributed by atoms with E-state index in [1.54, 1.807) is 0 Å². The molecule has 84 valence electrons. The van der Waals surface area contributed by atoms with Gasteiger partial charge in [0.25, 0.3) is 0 Å². The van der Waals surface area contributed by atoms with Gasteiger partial charge >= 0.3 is 0 Å². The monoisotopic (exact) mass is 216 g/mol. The van der Waals surface area contributed by atoms with Gasteiger partial charge in [-0.1, -0.05) is 17.7 Å². The number of hydrogen-bond donors (Lipinski definition) is 1. The molecule has 0 fully saturated rings. The average Bonchev–Trinajstić information content (AvgIpc) is 2.47. The number of allylic oxidation sites excluding steroid dienone is 2. The molecule has 1 aliphatic carbocycles. The van der Waals surface area contributed by atoms with E-state index in [4.69, 9.17) is 0 Å². The second kappa shape index (κ2) is 3.78. The van der Waals surface area contributed by atoms with Crippen LogP contribution in [0.3, 0.4) is 0 Å². The number of aliphatic hydroxyl groups is 1. The third-order valence-electron chi connectivity index (χ3n) is 3.08. The maximum atomic E-state index is 11.8. The van der Waals surface area contributed by atoms with E-state index in [1.807, 2.05) is 32.9 Å². The van der Waals surface area contributed by atoms with E-state index in [-0.39, 0.29) is 11.5 Å². The highest BCUT2D eigenvalue weighted by molar-refractivity contribution is 6.24. The van der Waals surface area contributed by atoms with Gasteiger partial charge in [-0.2, -0.15) is 0 Å². The Balaban J connectivity index is 2.65. The van der Waals surface area contributed by atoms with Crippen molar-refractivity contribution in [1.29, 1.82) is 0 Å². The fourth-order valence-corrected chi connectivity index (χ4v) is 2.50. The molecule has 2 nitrogen and oxygen atoms in total. The summed E-state index contributed by atoms with van der Waals surface area (Å²) in [5.74, 6) is 0.313. The lowest BCUT2D eigenvalue weighted by atomic mass is 9.92. The van der Waals surface area contributed by atoms with Crippen LogP contribution in [0.4, 0.5) is 0 Å². The predicted octanol–water partition coefficient (Wildman–Crippen LogP) is 3.24. The average molecular weight is 216 g/mol. The van der Waals surface area contributed by atoms with Gasteiger partial charge in [0.05, 0.1) is 5.57 Å². The molecule has 1 aromatic carbocycles. The zero-order chi connectivity index (χ0) is 11.9. The highest BCUT2D eigenvalue weighted by Crippen LogP contribution is 2.33. The molecule has 0 saturated carbocycles. The van der Waals surface area contributed by atoms with Crippen LogP contribution in [0.2, 0.25) is 0 Å². The van der Waals surface area contributed by atoms with Crippen molar-refractivity contribution in [3.05, 3.63) is 40.1 Å². The van der Waals surface area contributed by atoms with Crippen LogP contribution in [-0.4, -0.2) is 10.9 Å². The van der Waals surface area contributed by atoms with Crippen molar-refractivity contribution in [1.82, 2.24) is 0 Å². The number of benzene rings is 1. The molecule has 16 heavy (non-hydrogen) atoms. The van der Waals surface area contributed by atoms with Crippen LogP contribution in [0.1, 0.15) is 35.1 Å². The van der Waals surface area contributed by atoms with Crippen molar-refractivity contribution >= 4 is 11.4 Å². The molecule has 0 amide bonds. The molecule has 0 radical (unpaired) electrons. The van der Waals surface area contributed by atoms with Crippen molar-refractivity contribution in [3.8, 4) is 0 Å². The molecule has 0 heterocycles. The van der Waals surface area contributed by atoms with Crippen molar-refractivity contribution in [2.45, 2.75) is 33.6 Å². The van der Waals surface area contributed by atoms with Gasteiger partial charge in [0.2, 0.25) is 0 Å². The lowest BCUT2D eigenvalue weighted by molar-refractivity contribution is -0.113. The van der Waals surface area contributed by atoms with Crippen LogP contribution in [-0.2, 0) is 4.79 Å². The lowest BCUT2D eigenvalue weighted by Gasteiger charge is -2.12. The third-order valence-corrected chi connectivity index (χ3v) is 3.08. The van der Waals surface area contributed by atoms with Gasteiger partial charge in [0, 0.05) is 12.8 Å². The Morgan fingerprint density at radius 2 is 1.62 bits per heavy atom. The van der Waals surface area contributed by atoms with Gasteiger partial charge in [0.1, 0.15) is 5.76 Å². The first-order valence-corrected chi connectivity index (χ1v) is 5.54. The van der Waals surface area contributed by atoms with Crippen LogP contribution in [0, 0.1) is 20.8 Å². The summed E-state index contributed by atoms with van der Waals surface area (Å²) in [6.45, 7) is 6.01. The summed E-state index contributed by atoms with van der Waals surface area (Å²) < 4.78 is 0. The number of Topliss-reactive ketones (excluding diaryl/α,β-unsaturated/α-hetero) is 1. The molecule has 0 aliphatic heterocycles. The number of hydrogen-bond acceptors (Lipinski definition) is 2. The predicted molar refractivity (Wildman–Crippen MR) is 64.4 cm³/mol. The van der Waals surface area contributed by atoms with Gasteiger partial charge in [-0.05, 0) is 37.5 Å². The molecule has 2 heteroatoms. The second-order valence-electron chi connectivity index (χ2n) is 4.52. The van der Waals surface area contributed by atoms with Crippen LogP contribution in [0.5, 0.6) is 0 Å². The summed E-state index contributed by atoms with van der Waals surface area (Å²) in [4.78, 5) is 11.8. The summed E-state index contributed by atoms with van der Waals surface area (Å²) in [5, 5.41) is 9.79. The summed E-state index contributed by atoms with van der Waals surface area (Å²) in [7, 11) is 0. The Bertz CT molecular complexity index is 472. The minimum atomic E-state index is 0.0625. The number of rotatable bonds is 1. The highest BCUT2D eigenvalue weighted by atomic mass is 16.3. The summed E-state index contributed by atoms with van der Waals surface area (Å²) in [6.07, 6.45) is 0.925. The summed E-state index contributed by atoms with van der Waals surface area (Å²) >= 11 is 0. The maximum absolute atomic E-state index is 11.8. The minimum absolute atomic E-state index is 0.0625. The smallest absolute Gasteiger partial charge is 0.167 e. The van der Waals surface area contributed by atoms with Crippen molar-refractivity contribution < 1.29 is 9.90 Å². The maximum Gasteiger partial charge on any atom is 0.167 e. The van der Waals surface area contributed by atoms with Gasteiger partial charge in [-0.3, -0.25) is 4.79 Å². The first-order chi connectivity index (χ1) is 7.50. The lowest BCUT2D eigenvalue weighted by Crippen LogP contribution is -2.01. The number of ketones is 1. The Hall–Kier alpha value is -1.57. The minimum Gasteiger partial charge on any atom is -0.512 e. The van der Waals surface area contributed by atoms with Crippen molar-refractivity contribution in [3.63, 3.8) is 0 Å². The molecule has 1 N–H and O–H groups in total. The fourth-order valence-electron chi connectivity index (χ4n) is 2.50. The molecule has 0 atom stereocenters. The third kappa shape index (κ3) is 1.64. The number of aliphatic hydroxyl groups excluding tert-OH is 1. The van der Waals surface area contributed by atoms with Crippen molar-refractivity contribution in [2.24, 2.45) is 0 Å². The van der Waals surface area contributed by atoms with E-state index in [0.29, 0.717) is 18.4 Å².